The molecule has 0 radical (unpaired) electrons. The first-order chi connectivity index (χ1) is 25.1. The lowest BCUT2D eigenvalue weighted by molar-refractivity contribution is 0.282. The van der Waals surface area contributed by atoms with Gasteiger partial charge in [-0.2, -0.15) is 0 Å². The lowest BCUT2D eigenvalue weighted by Gasteiger charge is -2.17. The molecule has 0 fully saturated rings. The number of aryl methyl sites for hydroxylation is 1. The monoisotopic (exact) mass is 668 g/mol. The third-order valence-electron chi connectivity index (χ3n) is 8.63. The quantitative estimate of drug-likeness (QED) is 0.206. The van der Waals surface area contributed by atoms with E-state index in [1.165, 1.54) is 33.0 Å². The summed E-state index contributed by atoms with van der Waals surface area (Å²) in [7, 11) is 0. The highest BCUT2D eigenvalue weighted by Gasteiger charge is 2.11. The summed E-state index contributed by atoms with van der Waals surface area (Å²) in [6.07, 6.45) is 23.5. The van der Waals surface area contributed by atoms with E-state index in [0.29, 0.717) is 12.5 Å². The molecule has 0 aliphatic carbocycles. The van der Waals surface area contributed by atoms with Crippen molar-refractivity contribution in [2.24, 2.45) is 0 Å². The molecule has 0 N–H and O–H groups in total. The molecule has 3 aromatic carbocycles. The Balaban J connectivity index is 1.79. The molecule has 258 valence electrons. The molecule has 1 atom stereocenters. The van der Waals surface area contributed by atoms with E-state index >= 15 is 0 Å². The smallest absolute Gasteiger partial charge is 0.113 e. The van der Waals surface area contributed by atoms with Crippen LogP contribution in [0.5, 0.6) is 0 Å². The van der Waals surface area contributed by atoms with Crippen LogP contribution in [0, 0.1) is 0 Å². The highest BCUT2D eigenvalue weighted by molar-refractivity contribution is 5.81. The highest BCUT2D eigenvalue weighted by atomic mass is 16.5. The maximum atomic E-state index is 5.59. The van der Waals surface area contributed by atoms with E-state index in [1.54, 1.807) is 6.26 Å². The van der Waals surface area contributed by atoms with Crippen molar-refractivity contribution in [2.45, 2.75) is 46.0 Å². The molecule has 0 saturated carbocycles. The minimum atomic E-state index is 0.326. The van der Waals surface area contributed by atoms with Gasteiger partial charge >= 0.3 is 0 Å². The number of hydrogen-bond donors (Lipinski definition) is 0. The van der Waals surface area contributed by atoms with Crippen LogP contribution in [0.2, 0.25) is 0 Å². The Bertz CT molecular complexity index is 1980. The third kappa shape index (κ3) is 13.0. The van der Waals surface area contributed by atoms with Crippen LogP contribution in [0.3, 0.4) is 0 Å². The lowest BCUT2D eigenvalue weighted by atomic mass is 9.88. The molecule has 1 aliphatic heterocycles. The van der Waals surface area contributed by atoms with Crippen molar-refractivity contribution < 1.29 is 4.74 Å². The normalized spacial score (nSPS) is 15.5. The molecule has 4 rings (SSSR count). The number of rotatable bonds is 9. The molecule has 1 heterocycles. The average Bonchev–Trinajstić information content (AvgIpc) is 3.14. The van der Waals surface area contributed by atoms with Crippen LogP contribution in [0.1, 0.15) is 55.4 Å². The van der Waals surface area contributed by atoms with E-state index in [4.69, 9.17) is 4.74 Å². The predicted octanol–water partition coefficient (Wildman–Crippen LogP) is 13.6. The first-order valence-corrected chi connectivity index (χ1v) is 18.1. The summed E-state index contributed by atoms with van der Waals surface area (Å²) in [5.74, 6) is 0.326. The van der Waals surface area contributed by atoms with Gasteiger partial charge in [-0.3, -0.25) is 0 Å². The van der Waals surface area contributed by atoms with Crippen molar-refractivity contribution in [3.8, 4) is 0 Å². The number of hydrogen-bond acceptors (Lipinski definition) is 1. The molecule has 1 nitrogen and oxygen atoms in total. The summed E-state index contributed by atoms with van der Waals surface area (Å²) in [6, 6.07) is 47.3. The van der Waals surface area contributed by atoms with Crippen LogP contribution in [0.25, 0.3) is 16.3 Å². The first kappa shape index (κ1) is 38.1. The summed E-state index contributed by atoms with van der Waals surface area (Å²) >= 11 is 0. The van der Waals surface area contributed by atoms with E-state index in [2.05, 4.69) is 197 Å². The van der Waals surface area contributed by atoms with Crippen LogP contribution in [0.15, 0.2) is 212 Å². The standard InChI is InChI=1S/C50H52O/c1-5-24-48(39-44(7-3)50-37-20-19-29-43(50)6-2)47-31-13-9-8-12-30-45-33-17-18-34-46(45)36-23-28-42(26-11-10-14-32-47)27-15-16-35-49-40-51-38-22-21-25-41(49)4/h5,8-26,28-39,44H,4,6-7,27,40H2,1-3H3/b9-8?,11-10?,12-8?,13-9?,14-10?,16-15-,24-5-,25-21-,26-11?,28-23?,30-12?,31-13?,32-14?,36-23?,38-22-,42-26?,42-28?,45-30?,46-36?,47-31?,47-32?,48-39+,49-35+. The number of ether oxygens (including phenoxy) is 1. The molecule has 1 aliphatic rings. The molecule has 0 amide bonds. The lowest BCUT2D eigenvalue weighted by Crippen LogP contribution is -1.99. The molecule has 0 saturated heterocycles. The van der Waals surface area contributed by atoms with Crippen molar-refractivity contribution in [3.05, 3.63) is 234 Å². The third-order valence-corrected chi connectivity index (χ3v) is 8.63. The second-order valence-electron chi connectivity index (χ2n) is 12.2. The molecule has 0 aromatic heterocycles. The van der Waals surface area contributed by atoms with Crippen molar-refractivity contribution in [1.29, 1.82) is 0 Å². The Kier molecular flexibility index (Phi) is 16.6. The Morgan fingerprint density at radius 2 is 1.37 bits per heavy atom. The van der Waals surface area contributed by atoms with Gasteiger partial charge in [0, 0.05) is 5.92 Å². The number of benzene rings is 2. The fraction of sp³-hybridized carbons (Fsp3) is 0.160. The summed E-state index contributed by atoms with van der Waals surface area (Å²) < 4.78 is 5.59. The van der Waals surface area contributed by atoms with Gasteiger partial charge in [-0.25, -0.2) is 0 Å². The first-order valence-electron chi connectivity index (χ1n) is 18.1. The van der Waals surface area contributed by atoms with Crippen LogP contribution >= 0.6 is 0 Å². The molecule has 51 heavy (non-hydrogen) atoms. The van der Waals surface area contributed by atoms with Crippen molar-refractivity contribution in [1.82, 2.24) is 0 Å². The Labute approximate surface area is 307 Å². The zero-order valence-electron chi connectivity index (χ0n) is 30.5. The van der Waals surface area contributed by atoms with Gasteiger partial charge < -0.3 is 4.74 Å². The van der Waals surface area contributed by atoms with Crippen molar-refractivity contribution in [3.63, 3.8) is 0 Å². The average molecular weight is 669 g/mol. The zero-order valence-corrected chi connectivity index (χ0v) is 30.5. The van der Waals surface area contributed by atoms with Gasteiger partial charge in [-0.05, 0) is 82.0 Å². The van der Waals surface area contributed by atoms with Crippen LogP contribution in [-0.2, 0) is 17.6 Å². The van der Waals surface area contributed by atoms with Gasteiger partial charge in [0.15, 0.2) is 0 Å². The van der Waals surface area contributed by atoms with Gasteiger partial charge in [0.25, 0.3) is 0 Å². The minimum Gasteiger partial charge on any atom is -0.496 e. The van der Waals surface area contributed by atoms with Crippen molar-refractivity contribution in [2.75, 3.05) is 6.61 Å². The van der Waals surface area contributed by atoms with Crippen molar-refractivity contribution >= 4 is 16.3 Å². The summed E-state index contributed by atoms with van der Waals surface area (Å²) in [5.41, 5.74) is 8.40. The fourth-order valence-corrected chi connectivity index (χ4v) is 5.82. The topological polar surface area (TPSA) is 9.23 Å². The fourth-order valence-electron chi connectivity index (χ4n) is 5.82. The van der Waals surface area contributed by atoms with Crippen LogP contribution in [0.4, 0.5) is 0 Å². The second-order valence-corrected chi connectivity index (χ2v) is 12.2. The van der Waals surface area contributed by atoms with E-state index < -0.39 is 0 Å². The summed E-state index contributed by atoms with van der Waals surface area (Å²) in [6.45, 7) is 11.3. The maximum absolute atomic E-state index is 5.59. The van der Waals surface area contributed by atoms with Crippen LogP contribution < -0.4 is 0 Å². The molecule has 0 spiro atoms. The van der Waals surface area contributed by atoms with E-state index in [1.807, 2.05) is 18.2 Å². The Morgan fingerprint density at radius 1 is 0.745 bits per heavy atom. The van der Waals surface area contributed by atoms with Gasteiger partial charge in [0.05, 0.1) is 6.26 Å². The van der Waals surface area contributed by atoms with E-state index in [0.717, 1.165) is 36.0 Å². The molecule has 3 aromatic rings. The zero-order chi connectivity index (χ0) is 35.9. The predicted molar refractivity (Wildman–Crippen MR) is 223 cm³/mol. The number of allylic oxidation sites excluding steroid dienone is 10. The maximum Gasteiger partial charge on any atom is 0.113 e. The molecule has 1 heteroatoms. The molecular formula is C50H52O. The Morgan fingerprint density at radius 3 is 2.10 bits per heavy atom. The summed E-state index contributed by atoms with van der Waals surface area (Å²) in [4.78, 5) is 0. The summed E-state index contributed by atoms with van der Waals surface area (Å²) in [5, 5.41) is 2.34. The number of fused-ring (bicyclic) bond motifs is 1. The van der Waals surface area contributed by atoms with Gasteiger partial charge in [-0.1, -0.05) is 202 Å². The Hall–Kier alpha value is -5.66. The van der Waals surface area contributed by atoms with Gasteiger partial charge in [0.2, 0.25) is 0 Å². The molecular weight excluding hydrogens is 617 g/mol. The molecule has 1 unspecified atom stereocenters. The minimum absolute atomic E-state index is 0.326. The SMILES string of the molecule is C=C1/C=C\C=C/OC/C1=C\C=C/Cc1cccccc(C(/C=C\C)=C/C(CC)c2ccccc2CC)ccccccc2ccccc2ccc1. The second kappa shape index (κ2) is 22.1. The van der Waals surface area contributed by atoms with E-state index in [9.17, 15) is 0 Å². The van der Waals surface area contributed by atoms with Crippen LogP contribution in [-0.4, -0.2) is 6.61 Å². The van der Waals surface area contributed by atoms with Gasteiger partial charge in [-0.15, -0.1) is 0 Å². The largest absolute Gasteiger partial charge is 0.496 e. The van der Waals surface area contributed by atoms with Gasteiger partial charge in [0.1, 0.15) is 6.61 Å². The van der Waals surface area contributed by atoms with E-state index in [-0.39, 0.29) is 0 Å². The molecule has 0 bridgehead atoms. The highest BCUT2D eigenvalue weighted by Crippen LogP contribution is 2.29.